The number of rotatable bonds is 5. The predicted molar refractivity (Wildman–Crippen MR) is 69.4 cm³/mol. The van der Waals surface area contributed by atoms with E-state index >= 15 is 0 Å². The van der Waals surface area contributed by atoms with Crippen LogP contribution >= 0.6 is 0 Å². The number of hydrogen-bond acceptors (Lipinski definition) is 5. The second kappa shape index (κ2) is 6.48. The third kappa shape index (κ3) is 3.51. The summed E-state index contributed by atoms with van der Waals surface area (Å²) in [4.78, 5) is 13.5. The fourth-order valence-electron chi connectivity index (χ4n) is 1.62. The first-order valence-electron chi connectivity index (χ1n) is 5.77. The van der Waals surface area contributed by atoms with Crippen LogP contribution in [-0.2, 0) is 0 Å². The first-order valence-corrected chi connectivity index (χ1v) is 5.77. The summed E-state index contributed by atoms with van der Waals surface area (Å²) >= 11 is 0. The first-order chi connectivity index (χ1) is 9.01. The maximum atomic E-state index is 12.2. The number of phenolic OH excluding ortho intramolecular Hbond substituents is 2. The van der Waals surface area contributed by atoms with Crippen molar-refractivity contribution in [3.8, 4) is 11.5 Å². The highest BCUT2D eigenvalue weighted by atomic mass is 16.4. The van der Waals surface area contributed by atoms with E-state index in [-0.39, 0.29) is 23.7 Å². The van der Waals surface area contributed by atoms with Gasteiger partial charge in [0.15, 0.2) is 17.3 Å². The van der Waals surface area contributed by atoms with Gasteiger partial charge in [0, 0.05) is 6.54 Å². The lowest BCUT2D eigenvalue weighted by Gasteiger charge is -2.21. The third-order valence-electron chi connectivity index (χ3n) is 2.51. The predicted octanol–water partition coefficient (Wildman–Crippen LogP) is 0.696. The van der Waals surface area contributed by atoms with Crippen molar-refractivity contribution in [3.63, 3.8) is 0 Å². The highest BCUT2D eigenvalue weighted by Crippen LogP contribution is 2.29. The maximum absolute atomic E-state index is 12.2. The standard InChI is InChI=1S/C12H17N3O4/c1-2-6-15(7-10(13)14-19)12(18)8-4-3-5-9(16)11(8)17/h3-5,16-17,19H,2,6-7H2,1H3,(H2,13,14). The highest BCUT2D eigenvalue weighted by molar-refractivity contribution is 5.99. The van der Waals surface area contributed by atoms with Crippen LogP contribution in [0.25, 0.3) is 0 Å². The minimum absolute atomic E-state index is 0.0285. The largest absolute Gasteiger partial charge is 0.504 e. The number of para-hydroxylation sites is 1. The molecular weight excluding hydrogens is 250 g/mol. The lowest BCUT2D eigenvalue weighted by Crippen LogP contribution is -2.39. The normalized spacial score (nSPS) is 11.3. The molecule has 0 fully saturated rings. The number of amidine groups is 1. The summed E-state index contributed by atoms with van der Waals surface area (Å²) in [5.41, 5.74) is 5.35. The van der Waals surface area contributed by atoms with E-state index in [1.165, 1.54) is 23.1 Å². The third-order valence-corrected chi connectivity index (χ3v) is 2.51. The van der Waals surface area contributed by atoms with E-state index in [9.17, 15) is 15.0 Å². The van der Waals surface area contributed by atoms with Gasteiger partial charge in [-0.1, -0.05) is 18.1 Å². The van der Waals surface area contributed by atoms with Crippen molar-refractivity contribution < 1.29 is 20.2 Å². The van der Waals surface area contributed by atoms with Crippen LogP contribution in [0.2, 0.25) is 0 Å². The van der Waals surface area contributed by atoms with Crippen molar-refractivity contribution in [1.82, 2.24) is 4.90 Å². The Morgan fingerprint density at radius 3 is 2.68 bits per heavy atom. The molecule has 7 heteroatoms. The number of oxime groups is 1. The van der Waals surface area contributed by atoms with E-state index in [1.807, 2.05) is 6.92 Å². The molecule has 0 saturated heterocycles. The van der Waals surface area contributed by atoms with Crippen molar-refractivity contribution in [2.24, 2.45) is 10.9 Å². The number of aromatic hydroxyl groups is 2. The monoisotopic (exact) mass is 267 g/mol. The second-order valence-electron chi connectivity index (χ2n) is 3.99. The molecule has 0 atom stereocenters. The topological polar surface area (TPSA) is 119 Å². The molecule has 0 spiro atoms. The quantitative estimate of drug-likeness (QED) is 0.206. The van der Waals surface area contributed by atoms with Crippen LogP contribution in [0.15, 0.2) is 23.4 Å². The summed E-state index contributed by atoms with van der Waals surface area (Å²) in [6.07, 6.45) is 0.671. The molecule has 0 aliphatic heterocycles. The van der Waals surface area contributed by atoms with Gasteiger partial charge in [-0.25, -0.2) is 0 Å². The molecule has 1 rings (SSSR count). The summed E-state index contributed by atoms with van der Waals surface area (Å²) in [6.45, 7) is 2.19. The van der Waals surface area contributed by atoms with Crippen LogP contribution in [0.5, 0.6) is 11.5 Å². The summed E-state index contributed by atoms with van der Waals surface area (Å²) in [5.74, 6) is -1.46. The molecule has 5 N–H and O–H groups in total. The number of amides is 1. The summed E-state index contributed by atoms with van der Waals surface area (Å²) in [5, 5.41) is 30.4. The van der Waals surface area contributed by atoms with Gasteiger partial charge in [-0.3, -0.25) is 4.79 Å². The van der Waals surface area contributed by atoms with Gasteiger partial charge in [-0.05, 0) is 18.6 Å². The van der Waals surface area contributed by atoms with Gasteiger partial charge in [0.25, 0.3) is 5.91 Å². The van der Waals surface area contributed by atoms with E-state index in [1.54, 1.807) is 0 Å². The van der Waals surface area contributed by atoms with Crippen molar-refractivity contribution in [2.75, 3.05) is 13.1 Å². The minimum atomic E-state index is -0.498. The van der Waals surface area contributed by atoms with E-state index in [0.29, 0.717) is 13.0 Å². The van der Waals surface area contributed by atoms with Crippen LogP contribution in [0, 0.1) is 0 Å². The molecular formula is C12H17N3O4. The Bertz CT molecular complexity index is 488. The molecule has 0 unspecified atom stereocenters. The Morgan fingerprint density at radius 2 is 2.11 bits per heavy atom. The van der Waals surface area contributed by atoms with E-state index in [2.05, 4.69) is 5.16 Å². The lowest BCUT2D eigenvalue weighted by molar-refractivity contribution is 0.0774. The Hall–Kier alpha value is -2.44. The van der Waals surface area contributed by atoms with Gasteiger partial charge in [-0.15, -0.1) is 0 Å². The number of phenols is 2. The van der Waals surface area contributed by atoms with Gasteiger partial charge >= 0.3 is 0 Å². The minimum Gasteiger partial charge on any atom is -0.504 e. The number of hydrogen-bond donors (Lipinski definition) is 4. The van der Waals surface area contributed by atoms with E-state index < -0.39 is 11.7 Å². The number of benzene rings is 1. The Labute approximate surface area is 110 Å². The average Bonchev–Trinajstić information content (AvgIpc) is 2.40. The van der Waals surface area contributed by atoms with E-state index in [0.717, 1.165) is 0 Å². The summed E-state index contributed by atoms with van der Waals surface area (Å²) in [6, 6.07) is 4.13. The van der Waals surface area contributed by atoms with Crippen LogP contribution in [0.1, 0.15) is 23.7 Å². The number of carbonyl (C=O) groups excluding carboxylic acids is 1. The van der Waals surface area contributed by atoms with Crippen LogP contribution in [-0.4, -0.2) is 45.2 Å². The van der Waals surface area contributed by atoms with Gasteiger partial charge < -0.3 is 26.1 Å². The molecule has 0 aliphatic rings. The smallest absolute Gasteiger partial charge is 0.258 e. The molecule has 7 nitrogen and oxygen atoms in total. The zero-order valence-corrected chi connectivity index (χ0v) is 10.6. The zero-order valence-electron chi connectivity index (χ0n) is 10.6. The van der Waals surface area contributed by atoms with Gasteiger partial charge in [0.2, 0.25) is 0 Å². The molecule has 1 amide bonds. The highest BCUT2D eigenvalue weighted by Gasteiger charge is 2.20. The van der Waals surface area contributed by atoms with Crippen molar-refractivity contribution >= 4 is 11.7 Å². The molecule has 1 aromatic rings. The van der Waals surface area contributed by atoms with Crippen molar-refractivity contribution in [1.29, 1.82) is 0 Å². The van der Waals surface area contributed by atoms with Crippen molar-refractivity contribution in [2.45, 2.75) is 13.3 Å². The Kier molecular flexibility index (Phi) is 4.99. The molecule has 0 aliphatic carbocycles. The van der Waals surface area contributed by atoms with Gasteiger partial charge in [0.1, 0.15) is 0 Å². The van der Waals surface area contributed by atoms with Gasteiger partial charge in [-0.2, -0.15) is 0 Å². The molecule has 1 aromatic carbocycles. The Morgan fingerprint density at radius 1 is 1.42 bits per heavy atom. The summed E-state index contributed by atoms with van der Waals surface area (Å²) in [7, 11) is 0. The molecule has 0 saturated carbocycles. The van der Waals surface area contributed by atoms with E-state index in [4.69, 9.17) is 10.9 Å². The molecule has 0 bridgehead atoms. The van der Waals surface area contributed by atoms with Crippen LogP contribution in [0.4, 0.5) is 0 Å². The van der Waals surface area contributed by atoms with Crippen LogP contribution in [0.3, 0.4) is 0 Å². The van der Waals surface area contributed by atoms with Crippen molar-refractivity contribution in [3.05, 3.63) is 23.8 Å². The SMILES string of the molecule is CCCN(C/C(N)=N/O)C(=O)c1cccc(O)c1O. The van der Waals surface area contributed by atoms with Crippen LogP contribution < -0.4 is 5.73 Å². The zero-order chi connectivity index (χ0) is 14.4. The maximum Gasteiger partial charge on any atom is 0.258 e. The fourth-order valence-corrected chi connectivity index (χ4v) is 1.62. The molecule has 19 heavy (non-hydrogen) atoms. The fraction of sp³-hybridized carbons (Fsp3) is 0.333. The first kappa shape index (κ1) is 14.6. The summed E-state index contributed by atoms with van der Waals surface area (Å²) < 4.78 is 0. The molecule has 104 valence electrons. The number of carbonyl (C=O) groups is 1. The van der Waals surface area contributed by atoms with Gasteiger partial charge in [0.05, 0.1) is 12.1 Å². The molecule has 0 heterocycles. The number of nitrogens with zero attached hydrogens (tertiary/aromatic N) is 2. The molecule has 0 radical (unpaired) electrons. The average molecular weight is 267 g/mol. The molecule has 0 aromatic heterocycles. The second-order valence-corrected chi connectivity index (χ2v) is 3.99. The Balaban J connectivity index is 3.02. The number of nitrogens with two attached hydrogens (primary N) is 1. The lowest BCUT2D eigenvalue weighted by atomic mass is 10.1.